The standard InChI is InChI=1S/C28H50N4O.C5H9NO3.C3H8.2CH3NO.CH4O/c1-9-21(6)13-14-22(7)31-26(15-19(2)3)18-30-23(8)28(33)32-27(20(4)5)17-24-11-10-12-25(29)16-24;6-4(7)2-1-3-5(8)9;1-3-2;2*2-1-3;1-2/h10-12,16,19-21,23,26-27,30-31H,7,9,13-15,17-18,29H2,1-6,8H3,(H,32,33);1-3H2,(H2,6,7)(H,8,9);3H2,1-2H3;2*1H,(H2,2,3);2H,1H3/t21-,23-,26?,27?;;;;;/m0...../s1. The number of carbonyl (C=O) groups is 5. The molecule has 0 fully saturated rings. The Morgan fingerprint density at radius 1 is 0.906 bits per heavy atom. The second kappa shape index (κ2) is 40.6. The highest BCUT2D eigenvalue weighted by Gasteiger charge is 2.22. The number of aliphatic hydroxyl groups is 1. The van der Waals surface area contributed by atoms with Gasteiger partial charge in [0.2, 0.25) is 24.6 Å². The topological polar surface area (TPSA) is 266 Å². The van der Waals surface area contributed by atoms with Gasteiger partial charge in [-0.25, -0.2) is 0 Å². The van der Waals surface area contributed by atoms with E-state index in [0.29, 0.717) is 18.3 Å². The highest BCUT2D eigenvalue weighted by atomic mass is 16.4. The van der Waals surface area contributed by atoms with E-state index in [1.54, 1.807) is 0 Å². The third-order valence-corrected chi connectivity index (χ3v) is 7.22. The Balaban J connectivity index is -0.000000315. The van der Waals surface area contributed by atoms with Crippen molar-refractivity contribution in [3.05, 3.63) is 42.1 Å². The quantitative estimate of drug-likeness (QED) is 0.0675. The Morgan fingerprint density at radius 2 is 1.43 bits per heavy atom. The van der Waals surface area contributed by atoms with Gasteiger partial charge in [-0.3, -0.25) is 24.0 Å². The molecule has 1 aromatic carbocycles. The van der Waals surface area contributed by atoms with Gasteiger partial charge in [0, 0.05) is 50.0 Å². The minimum Gasteiger partial charge on any atom is -0.481 e. The molecule has 0 aliphatic rings. The number of benzene rings is 1. The molecule has 0 aliphatic carbocycles. The fourth-order valence-corrected chi connectivity index (χ4v) is 4.31. The van der Waals surface area contributed by atoms with Crippen LogP contribution in [0.2, 0.25) is 0 Å². The smallest absolute Gasteiger partial charge is 0.303 e. The molecule has 53 heavy (non-hydrogen) atoms. The van der Waals surface area contributed by atoms with Crippen LogP contribution in [0.4, 0.5) is 5.69 Å². The zero-order valence-electron chi connectivity index (χ0n) is 34.5. The molecule has 0 spiro atoms. The van der Waals surface area contributed by atoms with E-state index in [1.807, 2.05) is 25.1 Å². The molecule has 0 radical (unpaired) electrons. The lowest BCUT2D eigenvalue weighted by Crippen LogP contribution is -2.51. The van der Waals surface area contributed by atoms with Gasteiger partial charge >= 0.3 is 5.97 Å². The third-order valence-electron chi connectivity index (χ3n) is 7.22. The number of allylic oxidation sites excluding steroid dienone is 1. The third kappa shape index (κ3) is 43.9. The van der Waals surface area contributed by atoms with E-state index in [1.165, 1.54) is 12.8 Å². The SMILES string of the molecule is C=C(CC[C@@H](C)CC)NC(CN[C@@H](C)C(=O)NC(Cc1cccc(N)c1)C(C)C)CC(C)C.CCC.CO.NC(=O)CCCC(=O)O.NC=O.NC=O. The predicted molar refractivity (Wildman–Crippen MR) is 218 cm³/mol. The Labute approximate surface area is 320 Å². The fraction of sp³-hybridized carbons (Fsp3) is 0.667. The van der Waals surface area contributed by atoms with Gasteiger partial charge in [0.15, 0.2) is 0 Å². The van der Waals surface area contributed by atoms with Crippen molar-refractivity contribution in [1.82, 2.24) is 16.0 Å². The number of hydrogen-bond acceptors (Lipinski definition) is 9. The molecule has 1 aromatic rings. The lowest BCUT2D eigenvalue weighted by atomic mass is 9.95. The van der Waals surface area contributed by atoms with Crippen molar-refractivity contribution in [2.45, 2.75) is 138 Å². The van der Waals surface area contributed by atoms with Gasteiger partial charge in [0.05, 0.1) is 6.04 Å². The molecule has 4 amide bonds. The average Bonchev–Trinajstić information content (AvgIpc) is 3.07. The van der Waals surface area contributed by atoms with Gasteiger partial charge in [-0.05, 0) is 74.5 Å². The number of aliphatic hydroxyl groups excluding tert-OH is 1. The molecular formula is C39H77N7O7. The van der Waals surface area contributed by atoms with Crippen LogP contribution >= 0.6 is 0 Å². The number of hydrogen-bond donors (Lipinski definition) is 9. The first-order valence-corrected chi connectivity index (χ1v) is 18.5. The van der Waals surface area contributed by atoms with Crippen LogP contribution in [0.3, 0.4) is 0 Å². The normalized spacial score (nSPS) is 11.9. The lowest BCUT2D eigenvalue weighted by Gasteiger charge is -2.27. The van der Waals surface area contributed by atoms with E-state index in [4.69, 9.17) is 31.3 Å². The maximum absolute atomic E-state index is 12.9. The summed E-state index contributed by atoms with van der Waals surface area (Å²) in [5.41, 5.74) is 22.0. The maximum atomic E-state index is 12.9. The maximum Gasteiger partial charge on any atom is 0.303 e. The van der Waals surface area contributed by atoms with Crippen LogP contribution in [0.15, 0.2) is 36.5 Å². The average molecular weight is 756 g/mol. The number of carboxylic acid groups (broad SMARTS) is 1. The zero-order valence-corrected chi connectivity index (χ0v) is 34.5. The van der Waals surface area contributed by atoms with Crippen LogP contribution in [-0.4, -0.2) is 72.6 Å². The van der Waals surface area contributed by atoms with E-state index in [2.05, 4.69) is 95.5 Å². The highest BCUT2D eigenvalue weighted by Crippen LogP contribution is 2.15. The molecule has 0 aliphatic heterocycles. The summed E-state index contributed by atoms with van der Waals surface area (Å²) in [5, 5.41) is 25.4. The minimum atomic E-state index is -0.892. The van der Waals surface area contributed by atoms with E-state index >= 15 is 0 Å². The number of carbonyl (C=O) groups excluding carboxylic acids is 4. The Bertz CT molecular complexity index is 1050. The zero-order chi connectivity index (χ0) is 42.4. The van der Waals surface area contributed by atoms with Crippen LogP contribution in [-0.2, 0) is 30.4 Å². The molecule has 2 unspecified atom stereocenters. The summed E-state index contributed by atoms with van der Waals surface area (Å²) >= 11 is 0. The largest absolute Gasteiger partial charge is 0.481 e. The van der Waals surface area contributed by atoms with Crippen LogP contribution in [0.5, 0.6) is 0 Å². The van der Waals surface area contributed by atoms with Gasteiger partial charge in [-0.15, -0.1) is 0 Å². The molecule has 13 N–H and O–H groups in total. The van der Waals surface area contributed by atoms with Crippen molar-refractivity contribution >= 4 is 36.3 Å². The summed E-state index contributed by atoms with van der Waals surface area (Å²) in [6.45, 7) is 24.4. The van der Waals surface area contributed by atoms with Gasteiger partial charge in [0.1, 0.15) is 0 Å². The molecule has 0 aromatic heterocycles. The number of nitrogens with two attached hydrogens (primary N) is 4. The summed E-state index contributed by atoms with van der Waals surface area (Å²) < 4.78 is 0. The first kappa shape index (κ1) is 58.1. The monoisotopic (exact) mass is 756 g/mol. The van der Waals surface area contributed by atoms with Crippen molar-refractivity contribution in [2.75, 3.05) is 19.4 Å². The van der Waals surface area contributed by atoms with E-state index in [9.17, 15) is 14.4 Å². The van der Waals surface area contributed by atoms with Gasteiger partial charge in [-0.1, -0.05) is 86.9 Å². The van der Waals surface area contributed by atoms with Gasteiger partial charge in [-0.2, -0.15) is 0 Å². The second-order valence-electron chi connectivity index (χ2n) is 13.3. The Morgan fingerprint density at radius 3 is 1.85 bits per heavy atom. The van der Waals surface area contributed by atoms with Crippen LogP contribution in [0.1, 0.15) is 119 Å². The first-order chi connectivity index (χ1) is 24.9. The Hall–Kier alpha value is -4.17. The number of nitrogen functional groups attached to an aromatic ring is 1. The number of primary amides is 3. The highest BCUT2D eigenvalue weighted by molar-refractivity contribution is 5.81. The molecule has 0 bridgehead atoms. The summed E-state index contributed by atoms with van der Waals surface area (Å²) in [4.78, 5) is 50.0. The molecule has 1 rings (SSSR count). The molecule has 0 saturated carbocycles. The summed E-state index contributed by atoms with van der Waals surface area (Å²) in [5.74, 6) is 0.311. The van der Waals surface area contributed by atoms with Crippen LogP contribution in [0, 0.1) is 17.8 Å². The van der Waals surface area contributed by atoms with E-state index < -0.39 is 11.9 Å². The number of amides is 4. The first-order valence-electron chi connectivity index (χ1n) is 18.5. The number of rotatable bonds is 20. The number of aliphatic carboxylic acids is 1. The molecule has 4 atom stereocenters. The summed E-state index contributed by atoms with van der Waals surface area (Å²) in [6, 6.07) is 7.96. The van der Waals surface area contributed by atoms with E-state index in [-0.39, 0.29) is 49.7 Å². The van der Waals surface area contributed by atoms with Crippen molar-refractivity contribution < 1.29 is 34.2 Å². The van der Waals surface area contributed by atoms with Crippen molar-refractivity contribution in [3.8, 4) is 0 Å². The summed E-state index contributed by atoms with van der Waals surface area (Å²) in [6.07, 6.45) is 7.43. The molecule has 14 nitrogen and oxygen atoms in total. The van der Waals surface area contributed by atoms with Crippen molar-refractivity contribution in [2.24, 2.45) is 35.0 Å². The van der Waals surface area contributed by atoms with Crippen LogP contribution in [0.25, 0.3) is 0 Å². The predicted octanol–water partition coefficient (Wildman–Crippen LogP) is 4.23. The molecular weight excluding hydrogens is 678 g/mol. The summed E-state index contributed by atoms with van der Waals surface area (Å²) in [7, 11) is 1.00. The minimum absolute atomic E-state index is 0.0168. The van der Waals surface area contributed by atoms with Gasteiger partial charge in [0.25, 0.3) is 0 Å². The van der Waals surface area contributed by atoms with Crippen molar-refractivity contribution in [1.29, 1.82) is 0 Å². The molecule has 14 heteroatoms. The number of carboxylic acids is 1. The van der Waals surface area contributed by atoms with E-state index in [0.717, 1.165) is 62.2 Å². The number of nitrogens with one attached hydrogen (secondary N) is 3. The van der Waals surface area contributed by atoms with Gasteiger partial charge < -0.3 is 49.1 Å². The molecule has 310 valence electrons. The van der Waals surface area contributed by atoms with Crippen molar-refractivity contribution in [3.63, 3.8) is 0 Å². The van der Waals surface area contributed by atoms with Crippen LogP contribution < -0.4 is 38.9 Å². The fourth-order valence-electron chi connectivity index (χ4n) is 4.31. The molecule has 0 heterocycles. The number of anilines is 1. The lowest BCUT2D eigenvalue weighted by molar-refractivity contribution is -0.137. The second-order valence-corrected chi connectivity index (χ2v) is 13.3. The molecule has 0 saturated heterocycles. The Kier molecular flexibility index (Phi) is 44.5.